The van der Waals surface area contributed by atoms with E-state index < -0.39 is 35.2 Å². The molecule has 0 fully saturated rings. The van der Waals surface area contributed by atoms with Gasteiger partial charge in [0.05, 0.1) is 26.0 Å². The lowest BCUT2D eigenvalue weighted by Gasteiger charge is -2.11. The maximum absolute atomic E-state index is 13.1. The van der Waals surface area contributed by atoms with Crippen LogP contribution in [0.1, 0.15) is 22.5 Å². The van der Waals surface area contributed by atoms with E-state index in [1.807, 2.05) is 0 Å². The van der Waals surface area contributed by atoms with Gasteiger partial charge in [-0.1, -0.05) is 0 Å². The molecule has 1 heterocycles. The molecule has 0 radical (unpaired) electrons. The van der Waals surface area contributed by atoms with E-state index in [0.29, 0.717) is 6.20 Å². The van der Waals surface area contributed by atoms with Crippen LogP contribution in [-0.2, 0) is 4.74 Å². The first-order valence-corrected chi connectivity index (χ1v) is 4.11. The first-order chi connectivity index (χ1) is 7.52. The molecule has 0 N–H and O–H groups in total. The van der Waals surface area contributed by atoms with Gasteiger partial charge in [-0.2, -0.15) is 0 Å². The fourth-order valence-corrected chi connectivity index (χ4v) is 1.14. The molecule has 0 aromatic carbocycles. The highest BCUT2D eigenvalue weighted by atomic mass is 19.3. The third-order valence-corrected chi connectivity index (χ3v) is 1.83. The number of pyridine rings is 1. The van der Waals surface area contributed by atoms with Crippen LogP contribution in [0.2, 0.25) is 0 Å². The first kappa shape index (κ1) is 12.3. The fourth-order valence-electron chi connectivity index (χ4n) is 1.14. The van der Waals surface area contributed by atoms with Crippen molar-refractivity contribution in [1.29, 1.82) is 0 Å². The predicted octanol–water partition coefficient (Wildman–Crippen LogP) is 1.95. The number of esters is 1. The van der Waals surface area contributed by atoms with E-state index in [0.717, 1.165) is 14.2 Å². The molecule has 0 atom stereocenters. The maximum atomic E-state index is 13.1. The average Bonchev–Trinajstić information content (AvgIpc) is 2.26. The summed E-state index contributed by atoms with van der Waals surface area (Å²) in [5, 5.41) is 0. The van der Waals surface area contributed by atoms with Crippen LogP contribution in [0.15, 0.2) is 6.20 Å². The quantitative estimate of drug-likeness (QED) is 0.751. The van der Waals surface area contributed by atoms with Crippen LogP contribution in [0.5, 0.6) is 5.75 Å². The number of halogens is 3. The summed E-state index contributed by atoms with van der Waals surface area (Å²) in [7, 11) is 2.09. The smallest absolute Gasteiger partial charge is 0.360 e. The van der Waals surface area contributed by atoms with Crippen molar-refractivity contribution in [1.82, 2.24) is 4.98 Å². The van der Waals surface area contributed by atoms with Crippen molar-refractivity contribution in [3.05, 3.63) is 23.3 Å². The van der Waals surface area contributed by atoms with Crippen LogP contribution in [0, 0.1) is 5.82 Å². The van der Waals surface area contributed by atoms with Crippen molar-refractivity contribution in [3.8, 4) is 5.75 Å². The summed E-state index contributed by atoms with van der Waals surface area (Å²) >= 11 is 0. The normalized spacial score (nSPS) is 10.4. The molecule has 88 valence electrons. The Bertz CT molecular complexity index is 409. The first-order valence-electron chi connectivity index (χ1n) is 4.11. The molecule has 0 bridgehead atoms. The van der Waals surface area contributed by atoms with Gasteiger partial charge in [-0.05, 0) is 0 Å². The Morgan fingerprint density at radius 2 is 2.06 bits per heavy atom. The Morgan fingerprint density at radius 1 is 1.44 bits per heavy atom. The van der Waals surface area contributed by atoms with E-state index in [9.17, 15) is 18.0 Å². The molecule has 0 aliphatic rings. The van der Waals surface area contributed by atoms with E-state index in [2.05, 4.69) is 14.5 Å². The molecule has 0 amide bonds. The molecular formula is C9H8F3NO3. The summed E-state index contributed by atoms with van der Waals surface area (Å²) in [5.74, 6) is -2.82. The van der Waals surface area contributed by atoms with Gasteiger partial charge in [0, 0.05) is 0 Å². The number of alkyl halides is 2. The number of rotatable bonds is 3. The molecule has 7 heteroatoms. The number of hydrogen-bond acceptors (Lipinski definition) is 4. The van der Waals surface area contributed by atoms with Crippen molar-refractivity contribution < 1.29 is 27.4 Å². The summed E-state index contributed by atoms with van der Waals surface area (Å²) in [4.78, 5) is 14.5. The lowest BCUT2D eigenvalue weighted by Crippen LogP contribution is -2.10. The number of hydrogen-bond donors (Lipinski definition) is 0. The minimum Gasteiger partial charge on any atom is -0.494 e. The summed E-state index contributed by atoms with van der Waals surface area (Å²) in [6.45, 7) is 0. The van der Waals surface area contributed by atoms with E-state index in [-0.39, 0.29) is 0 Å². The molecular weight excluding hydrogens is 227 g/mol. The van der Waals surface area contributed by atoms with E-state index >= 15 is 0 Å². The number of carbonyl (C=O) groups excluding carboxylic acids is 1. The molecule has 0 saturated heterocycles. The second-order valence-corrected chi connectivity index (χ2v) is 2.69. The summed E-state index contributed by atoms with van der Waals surface area (Å²) in [6, 6.07) is 0. The van der Waals surface area contributed by atoms with Crippen LogP contribution in [0.4, 0.5) is 13.2 Å². The molecule has 1 aromatic rings. The maximum Gasteiger partial charge on any atom is 0.360 e. The van der Waals surface area contributed by atoms with Gasteiger partial charge >= 0.3 is 5.97 Å². The van der Waals surface area contributed by atoms with E-state index in [4.69, 9.17) is 0 Å². The lowest BCUT2D eigenvalue weighted by atomic mass is 10.2. The van der Waals surface area contributed by atoms with Crippen LogP contribution >= 0.6 is 0 Å². The average molecular weight is 235 g/mol. The van der Waals surface area contributed by atoms with Gasteiger partial charge in [0.25, 0.3) is 6.43 Å². The Labute approximate surface area is 89.0 Å². The summed E-state index contributed by atoms with van der Waals surface area (Å²) in [5.41, 5.74) is -1.49. The third kappa shape index (κ3) is 2.07. The molecule has 4 nitrogen and oxygen atoms in total. The van der Waals surface area contributed by atoms with Gasteiger partial charge in [-0.25, -0.2) is 22.9 Å². The van der Waals surface area contributed by atoms with Crippen molar-refractivity contribution in [3.63, 3.8) is 0 Å². The van der Waals surface area contributed by atoms with Gasteiger partial charge in [0.2, 0.25) is 0 Å². The Hall–Kier alpha value is -1.79. The molecule has 0 unspecified atom stereocenters. The lowest BCUT2D eigenvalue weighted by molar-refractivity contribution is 0.0588. The third-order valence-electron chi connectivity index (χ3n) is 1.83. The topological polar surface area (TPSA) is 48.4 Å². The Morgan fingerprint density at radius 3 is 2.50 bits per heavy atom. The van der Waals surface area contributed by atoms with Crippen LogP contribution in [0.25, 0.3) is 0 Å². The standard InChI is InChI=1S/C9H8F3NO3/c1-15-7-5(8(11)12)4(10)3-13-6(7)9(14)16-2/h3,8H,1-2H3. The number of carbonyl (C=O) groups is 1. The van der Waals surface area contributed by atoms with Crippen molar-refractivity contribution in [2.75, 3.05) is 14.2 Å². The zero-order valence-electron chi connectivity index (χ0n) is 8.46. The highest BCUT2D eigenvalue weighted by molar-refractivity contribution is 5.90. The van der Waals surface area contributed by atoms with Gasteiger partial charge in [0.1, 0.15) is 0 Å². The number of methoxy groups -OCH3 is 2. The van der Waals surface area contributed by atoms with Crippen molar-refractivity contribution in [2.45, 2.75) is 6.43 Å². The second-order valence-electron chi connectivity index (χ2n) is 2.69. The monoisotopic (exact) mass is 235 g/mol. The van der Waals surface area contributed by atoms with Gasteiger partial charge < -0.3 is 9.47 Å². The molecule has 0 aliphatic heterocycles. The van der Waals surface area contributed by atoms with Crippen molar-refractivity contribution in [2.24, 2.45) is 0 Å². The van der Waals surface area contributed by atoms with Gasteiger partial charge in [-0.3, -0.25) is 0 Å². The zero-order valence-corrected chi connectivity index (χ0v) is 8.46. The number of ether oxygens (including phenoxy) is 2. The molecule has 0 spiro atoms. The SMILES string of the molecule is COC(=O)c1ncc(F)c(C(F)F)c1OC. The van der Waals surface area contributed by atoms with Crippen LogP contribution in [0.3, 0.4) is 0 Å². The Balaban J connectivity index is 3.42. The number of aromatic nitrogens is 1. The van der Waals surface area contributed by atoms with Crippen LogP contribution in [-0.4, -0.2) is 25.2 Å². The van der Waals surface area contributed by atoms with Gasteiger partial charge in [-0.15, -0.1) is 0 Å². The van der Waals surface area contributed by atoms with E-state index in [1.165, 1.54) is 0 Å². The van der Waals surface area contributed by atoms with Crippen molar-refractivity contribution >= 4 is 5.97 Å². The van der Waals surface area contributed by atoms with Crippen LogP contribution < -0.4 is 4.74 Å². The predicted molar refractivity (Wildman–Crippen MR) is 47.0 cm³/mol. The summed E-state index contributed by atoms with van der Waals surface area (Å²) in [6.07, 6.45) is -2.59. The molecule has 0 aliphatic carbocycles. The minimum atomic E-state index is -3.11. The summed E-state index contributed by atoms with van der Waals surface area (Å²) < 4.78 is 47.0. The highest BCUT2D eigenvalue weighted by Crippen LogP contribution is 2.33. The molecule has 1 aromatic heterocycles. The largest absolute Gasteiger partial charge is 0.494 e. The Kier molecular flexibility index (Phi) is 3.70. The second kappa shape index (κ2) is 4.82. The fraction of sp³-hybridized carbons (Fsp3) is 0.333. The number of nitrogens with zero attached hydrogens (tertiary/aromatic N) is 1. The van der Waals surface area contributed by atoms with E-state index in [1.54, 1.807) is 0 Å². The molecule has 16 heavy (non-hydrogen) atoms. The molecule has 1 rings (SSSR count). The minimum absolute atomic E-state index is 0.485. The zero-order chi connectivity index (χ0) is 12.3. The highest BCUT2D eigenvalue weighted by Gasteiger charge is 2.26. The molecule has 0 saturated carbocycles. The van der Waals surface area contributed by atoms with Gasteiger partial charge in [0.15, 0.2) is 17.3 Å².